The van der Waals surface area contributed by atoms with Crippen molar-refractivity contribution < 1.29 is 14.3 Å². The summed E-state index contributed by atoms with van der Waals surface area (Å²) in [6.45, 7) is 2.98. The van der Waals surface area contributed by atoms with E-state index in [1.54, 1.807) is 35.6 Å². The Labute approximate surface area is 182 Å². The Balaban J connectivity index is 1.43. The molecule has 3 heterocycles. The third-order valence-corrected chi connectivity index (χ3v) is 6.61. The van der Waals surface area contributed by atoms with Crippen molar-refractivity contribution >= 4 is 40.5 Å². The van der Waals surface area contributed by atoms with E-state index >= 15 is 0 Å². The Hall–Kier alpha value is -2.49. The van der Waals surface area contributed by atoms with Crippen molar-refractivity contribution in [3.8, 4) is 10.7 Å². The van der Waals surface area contributed by atoms with Gasteiger partial charge in [-0.05, 0) is 55.5 Å². The Morgan fingerprint density at radius 3 is 2.77 bits per heavy atom. The zero-order valence-corrected chi connectivity index (χ0v) is 18.2. The van der Waals surface area contributed by atoms with Crippen molar-refractivity contribution in [2.45, 2.75) is 37.6 Å². The average Bonchev–Trinajstić information content (AvgIpc) is 3.50. The second kappa shape index (κ2) is 9.55. The number of benzene rings is 1. The zero-order chi connectivity index (χ0) is 20.9. The third-order valence-electron chi connectivity index (χ3n) is 4.78. The van der Waals surface area contributed by atoms with Crippen molar-refractivity contribution in [2.75, 3.05) is 17.7 Å². The van der Waals surface area contributed by atoms with Crippen LogP contribution in [0.1, 0.15) is 30.1 Å². The van der Waals surface area contributed by atoms with Crippen molar-refractivity contribution in [1.29, 1.82) is 0 Å². The number of aromatic nitrogens is 3. The van der Waals surface area contributed by atoms with Crippen molar-refractivity contribution in [2.24, 2.45) is 0 Å². The maximum atomic E-state index is 12.4. The van der Waals surface area contributed by atoms with Gasteiger partial charge in [0, 0.05) is 17.9 Å². The lowest BCUT2D eigenvalue weighted by atomic mass is 10.1. The fraction of sp³-hybridized carbons (Fsp3) is 0.333. The molecule has 0 saturated carbocycles. The molecule has 0 spiro atoms. The van der Waals surface area contributed by atoms with E-state index < -0.39 is 0 Å². The molecular formula is C21H22N4O3S2. The number of hydrogen-bond donors (Lipinski definition) is 1. The molecular weight excluding hydrogens is 420 g/mol. The van der Waals surface area contributed by atoms with Crippen LogP contribution in [-0.4, -0.2) is 44.9 Å². The predicted octanol–water partition coefficient (Wildman–Crippen LogP) is 4.12. The number of ether oxygens (including phenoxy) is 1. The molecule has 30 heavy (non-hydrogen) atoms. The molecule has 1 aliphatic heterocycles. The lowest BCUT2D eigenvalue weighted by Crippen LogP contribution is -2.18. The average molecular weight is 443 g/mol. The van der Waals surface area contributed by atoms with E-state index in [0.717, 1.165) is 30.2 Å². The summed E-state index contributed by atoms with van der Waals surface area (Å²) < 4.78 is 7.86. The number of carbonyl (C=O) groups excluding carboxylic acids is 2. The van der Waals surface area contributed by atoms with Gasteiger partial charge in [-0.25, -0.2) is 0 Å². The summed E-state index contributed by atoms with van der Waals surface area (Å²) in [7, 11) is 0. The maximum Gasteiger partial charge on any atom is 0.234 e. The minimum atomic E-state index is -0.139. The van der Waals surface area contributed by atoms with Crippen LogP contribution in [0.3, 0.4) is 0 Å². The number of anilines is 1. The van der Waals surface area contributed by atoms with Gasteiger partial charge in [0.2, 0.25) is 5.91 Å². The first kappa shape index (κ1) is 20.8. The monoisotopic (exact) mass is 442 g/mol. The van der Waals surface area contributed by atoms with E-state index in [1.165, 1.54) is 18.7 Å². The van der Waals surface area contributed by atoms with Crippen molar-refractivity contribution in [3.63, 3.8) is 0 Å². The molecule has 4 rings (SSSR count). The van der Waals surface area contributed by atoms with Gasteiger partial charge in [0.25, 0.3) is 0 Å². The molecule has 0 bridgehead atoms. The minimum absolute atomic E-state index is 0.00412. The number of amides is 1. The highest BCUT2D eigenvalue weighted by molar-refractivity contribution is 7.99. The number of thiophene rings is 1. The van der Waals surface area contributed by atoms with Crippen LogP contribution in [0, 0.1) is 0 Å². The molecule has 1 atom stereocenters. The fourth-order valence-electron chi connectivity index (χ4n) is 3.26. The van der Waals surface area contributed by atoms with E-state index in [1.807, 2.05) is 17.5 Å². The molecule has 9 heteroatoms. The van der Waals surface area contributed by atoms with Crippen LogP contribution in [-0.2, 0) is 16.1 Å². The molecule has 7 nitrogen and oxygen atoms in total. The summed E-state index contributed by atoms with van der Waals surface area (Å²) in [6, 6.07) is 10.9. The van der Waals surface area contributed by atoms with Gasteiger partial charge in [0.1, 0.15) is 0 Å². The summed E-state index contributed by atoms with van der Waals surface area (Å²) in [4.78, 5) is 24.8. The van der Waals surface area contributed by atoms with Gasteiger partial charge in [-0.3, -0.25) is 14.2 Å². The molecule has 3 aromatic rings. The second-order valence-electron chi connectivity index (χ2n) is 7.00. The first-order chi connectivity index (χ1) is 14.6. The molecule has 1 unspecified atom stereocenters. The van der Waals surface area contributed by atoms with E-state index in [9.17, 15) is 9.59 Å². The summed E-state index contributed by atoms with van der Waals surface area (Å²) in [5.74, 6) is 0.876. The Bertz CT molecular complexity index is 1010. The molecule has 2 aromatic heterocycles. The molecule has 1 amide bonds. The van der Waals surface area contributed by atoms with E-state index in [2.05, 4.69) is 20.1 Å². The van der Waals surface area contributed by atoms with Gasteiger partial charge in [-0.15, -0.1) is 21.5 Å². The van der Waals surface area contributed by atoms with E-state index in [0.29, 0.717) is 23.0 Å². The largest absolute Gasteiger partial charge is 0.376 e. The number of ketones is 1. The highest BCUT2D eigenvalue weighted by Gasteiger charge is 2.22. The van der Waals surface area contributed by atoms with Crippen LogP contribution in [0.4, 0.5) is 5.69 Å². The minimum Gasteiger partial charge on any atom is -0.376 e. The van der Waals surface area contributed by atoms with Gasteiger partial charge in [0.05, 0.1) is 23.3 Å². The van der Waals surface area contributed by atoms with Crippen LogP contribution in [0.5, 0.6) is 0 Å². The van der Waals surface area contributed by atoms with Gasteiger partial charge >= 0.3 is 0 Å². The number of hydrogen-bond acceptors (Lipinski definition) is 7. The lowest BCUT2D eigenvalue weighted by Gasteiger charge is -2.14. The van der Waals surface area contributed by atoms with Crippen LogP contribution >= 0.6 is 23.1 Å². The summed E-state index contributed by atoms with van der Waals surface area (Å²) in [5.41, 5.74) is 1.27. The Morgan fingerprint density at radius 1 is 1.27 bits per heavy atom. The number of Topliss-reactive ketones (excluding diaryl/α,β-unsaturated/α-hetero) is 1. The summed E-state index contributed by atoms with van der Waals surface area (Å²) in [6.07, 6.45) is 2.23. The van der Waals surface area contributed by atoms with Gasteiger partial charge < -0.3 is 10.1 Å². The maximum absolute atomic E-state index is 12.4. The lowest BCUT2D eigenvalue weighted by molar-refractivity contribution is -0.113. The number of rotatable bonds is 8. The molecule has 1 N–H and O–H groups in total. The molecule has 1 aromatic carbocycles. The van der Waals surface area contributed by atoms with Gasteiger partial charge in [-0.2, -0.15) is 0 Å². The van der Waals surface area contributed by atoms with Gasteiger partial charge in [0.15, 0.2) is 16.8 Å². The Morgan fingerprint density at radius 2 is 2.10 bits per heavy atom. The highest BCUT2D eigenvalue weighted by atomic mass is 32.2. The van der Waals surface area contributed by atoms with E-state index in [-0.39, 0.29) is 23.5 Å². The number of nitrogens with zero attached hydrogens (tertiary/aromatic N) is 3. The van der Waals surface area contributed by atoms with Crippen LogP contribution < -0.4 is 5.32 Å². The quantitative estimate of drug-likeness (QED) is 0.417. The van der Waals surface area contributed by atoms with Crippen LogP contribution in [0.25, 0.3) is 10.7 Å². The molecule has 1 fully saturated rings. The molecule has 0 aliphatic carbocycles. The standard InChI is InChI=1S/C21H22N4O3S2/c1-14(26)15-6-8-16(9-7-15)22-19(27)13-30-21-24-23-20(18-5-3-11-29-18)25(21)12-17-4-2-10-28-17/h3,5-9,11,17H,2,4,10,12-13H2,1H3,(H,22,27). The van der Waals surface area contributed by atoms with Crippen molar-refractivity contribution in [1.82, 2.24) is 14.8 Å². The van der Waals surface area contributed by atoms with Crippen molar-refractivity contribution in [3.05, 3.63) is 47.3 Å². The highest BCUT2D eigenvalue weighted by Crippen LogP contribution is 2.29. The first-order valence-electron chi connectivity index (χ1n) is 9.72. The predicted molar refractivity (Wildman–Crippen MR) is 118 cm³/mol. The number of thioether (sulfide) groups is 1. The smallest absolute Gasteiger partial charge is 0.234 e. The summed E-state index contributed by atoms with van der Waals surface area (Å²) >= 11 is 2.97. The van der Waals surface area contributed by atoms with E-state index in [4.69, 9.17) is 4.74 Å². The normalized spacial score (nSPS) is 16.0. The SMILES string of the molecule is CC(=O)c1ccc(NC(=O)CSc2nnc(-c3cccs3)n2CC2CCCO2)cc1. The number of nitrogens with one attached hydrogen (secondary N) is 1. The van der Waals surface area contributed by atoms with Crippen LogP contribution in [0.2, 0.25) is 0 Å². The Kier molecular flexibility index (Phi) is 6.61. The molecule has 1 aliphatic rings. The molecule has 156 valence electrons. The summed E-state index contributed by atoms with van der Waals surface area (Å²) in [5, 5.41) is 14.3. The first-order valence-corrected chi connectivity index (χ1v) is 11.6. The number of carbonyl (C=O) groups is 2. The zero-order valence-electron chi connectivity index (χ0n) is 16.5. The second-order valence-corrected chi connectivity index (χ2v) is 8.89. The third kappa shape index (κ3) is 4.97. The van der Waals surface area contributed by atoms with Crippen LogP contribution in [0.15, 0.2) is 46.9 Å². The topological polar surface area (TPSA) is 86.1 Å². The van der Waals surface area contributed by atoms with Gasteiger partial charge in [-0.1, -0.05) is 17.8 Å². The fourth-order valence-corrected chi connectivity index (χ4v) is 4.72. The molecule has 1 saturated heterocycles. The molecule has 0 radical (unpaired) electrons.